The van der Waals surface area contributed by atoms with Crippen molar-refractivity contribution in [2.75, 3.05) is 40.2 Å². The molecule has 0 bridgehead atoms. The first kappa shape index (κ1) is 109. The maximum atomic E-state index is 12.1. The number of amides is 1. The van der Waals surface area contributed by atoms with Crippen LogP contribution in [0.4, 0.5) is 5.69 Å². The van der Waals surface area contributed by atoms with E-state index in [4.69, 9.17) is 5.73 Å². The van der Waals surface area contributed by atoms with Crippen LogP contribution >= 0.6 is 11.5 Å². The number of hydrogen-bond acceptors (Lipinski definition) is 17. The van der Waals surface area contributed by atoms with Gasteiger partial charge in [0.25, 0.3) is 0 Å². The van der Waals surface area contributed by atoms with Gasteiger partial charge in [0.15, 0.2) is 49.2 Å². The molecule has 6 aromatic carbocycles. The molecule has 0 spiro atoms. The predicted octanol–water partition coefficient (Wildman–Crippen LogP) is 23.9. The standard InChI is InChI=1S/C25H33NO2S.C22H36N2O3S.C20H30N2O2S.C19H28N2O2S2.C18H28N2O2S/c1-25(2,3)29(27,28)20-10-6-4-5-7-11-21-14-16-23(17-15-21)26-19-18-22-12-8-9-13-24(22)26;1-22(2,3)28(26,27)17-8-6-4-5-7-10-18-12-14-19(15-13-18)24-16-9-11-20(24)21(23)25;1-20(2,3)25(23,24)17-8-6-4-5-7-10-18-11-13-19(14-12-18)22-16-9-15-21-22;1-19(2,3)25(22,23)14-8-6-4-5-7-9-16-10-12-17(13-11-16)18-15-24-21-20-18;1-18(2,3)23(21,22)12-8-6-4-5-7-9-15-10-11-17-16(13-15)14-19-20-17/h8-9,12-19H,4-7,10-11,20H2,1-3H3;12-15,20H,4-11,16-17H2,1-3H3,(H2,23,25);9,11-16H,4-8,10,17H2,1-3H3;10-13,15H,4-9,14H2,1-3H3;10-11,13-14H,4-9,12H2,1-3H3,(H,19,20)/t;20-;;;/m.0.../s1. The van der Waals surface area contributed by atoms with E-state index in [0.717, 1.165) is 246 Å². The first-order valence-electron chi connectivity index (χ1n) is 47.6. The maximum absolute atomic E-state index is 12.1. The molecule has 718 valence electrons. The number of nitrogens with one attached hydrogen (secondary N) is 1. The summed E-state index contributed by atoms with van der Waals surface area (Å²) in [6.45, 7) is 27.5. The van der Waals surface area contributed by atoms with Crippen LogP contribution in [0.1, 0.15) is 305 Å². The molecule has 1 atom stereocenters. The highest BCUT2D eigenvalue weighted by Gasteiger charge is 2.33. The highest BCUT2D eigenvalue weighted by molar-refractivity contribution is 7.93. The number of rotatable bonds is 45. The third kappa shape index (κ3) is 36.8. The number of para-hydroxylation sites is 1. The van der Waals surface area contributed by atoms with E-state index < -0.39 is 72.9 Å². The topological polar surface area (TPSA) is 294 Å². The van der Waals surface area contributed by atoms with Crippen molar-refractivity contribution >= 4 is 94.1 Å². The second-order valence-electron chi connectivity index (χ2n) is 40.0. The zero-order valence-corrected chi connectivity index (χ0v) is 85.8. The lowest BCUT2D eigenvalue weighted by molar-refractivity contribution is -0.119. The lowest BCUT2D eigenvalue weighted by Crippen LogP contribution is -2.40. The monoisotopic (exact) mass is 1900 g/mol. The molecule has 0 unspecified atom stereocenters. The Balaban J connectivity index is 0.000000223. The Morgan fingerprint density at radius 3 is 1.14 bits per heavy atom. The molecule has 1 fully saturated rings. The summed E-state index contributed by atoms with van der Waals surface area (Å²) >= 11 is 1.37. The highest BCUT2D eigenvalue weighted by atomic mass is 32.2. The number of carbonyl (C=O) groups is 1. The van der Waals surface area contributed by atoms with Gasteiger partial charge < -0.3 is 15.2 Å². The van der Waals surface area contributed by atoms with Crippen molar-refractivity contribution in [3.63, 3.8) is 0 Å². The Hall–Kier alpha value is -7.88. The highest BCUT2D eigenvalue weighted by Crippen LogP contribution is 2.30. The van der Waals surface area contributed by atoms with Gasteiger partial charge in [-0.3, -0.25) is 9.89 Å². The number of sulfone groups is 5. The molecule has 10 aromatic rings. The Morgan fingerprint density at radius 1 is 0.400 bits per heavy atom. The molecule has 4 aromatic heterocycles. The van der Waals surface area contributed by atoms with Gasteiger partial charge in [0.1, 0.15) is 11.7 Å². The van der Waals surface area contributed by atoms with Crippen molar-refractivity contribution in [1.82, 2.24) is 34.1 Å². The van der Waals surface area contributed by atoms with Crippen molar-refractivity contribution in [1.29, 1.82) is 0 Å². The van der Waals surface area contributed by atoms with Gasteiger partial charge in [0.2, 0.25) is 5.91 Å². The molecule has 0 radical (unpaired) electrons. The Labute approximate surface area is 786 Å². The number of aromatic amines is 1. The van der Waals surface area contributed by atoms with Gasteiger partial charge in [-0.05, 0) is 324 Å². The largest absolute Gasteiger partial charge is 0.368 e. The van der Waals surface area contributed by atoms with Crippen LogP contribution in [0, 0.1) is 0 Å². The molecule has 130 heavy (non-hydrogen) atoms. The van der Waals surface area contributed by atoms with Gasteiger partial charge in [-0.1, -0.05) is 186 Å². The number of primary amides is 1. The number of benzene rings is 6. The normalized spacial score (nSPS) is 13.7. The quantitative estimate of drug-likeness (QED) is 0.0335. The molecule has 1 aliphatic heterocycles. The zero-order valence-electron chi connectivity index (χ0n) is 80.9. The van der Waals surface area contributed by atoms with Crippen LogP contribution in [0.3, 0.4) is 0 Å². The van der Waals surface area contributed by atoms with Crippen LogP contribution in [-0.2, 0) is 86.1 Å². The van der Waals surface area contributed by atoms with Crippen LogP contribution < -0.4 is 10.6 Å². The fourth-order valence-electron chi connectivity index (χ4n) is 15.2. The van der Waals surface area contributed by atoms with Crippen LogP contribution in [0.15, 0.2) is 182 Å². The van der Waals surface area contributed by atoms with Crippen LogP contribution in [0.2, 0.25) is 0 Å². The average Bonchev–Trinajstić information content (AvgIpc) is 1.46. The van der Waals surface area contributed by atoms with Crippen LogP contribution in [-0.4, -0.2) is 147 Å². The summed E-state index contributed by atoms with van der Waals surface area (Å²) in [5.74, 6) is 1.30. The predicted molar refractivity (Wildman–Crippen MR) is 546 cm³/mol. The van der Waals surface area contributed by atoms with Crippen LogP contribution in [0.25, 0.3) is 44.4 Å². The van der Waals surface area contributed by atoms with E-state index in [1.165, 1.54) is 55.9 Å². The van der Waals surface area contributed by atoms with Crippen molar-refractivity contribution < 1.29 is 46.9 Å². The molecule has 1 aliphatic rings. The lowest BCUT2D eigenvalue weighted by atomic mass is 10.0. The summed E-state index contributed by atoms with van der Waals surface area (Å²) in [6.07, 6.45) is 40.6. The first-order chi connectivity index (χ1) is 61.3. The molecule has 11 rings (SSSR count). The van der Waals surface area contributed by atoms with Gasteiger partial charge in [-0.2, -0.15) is 10.2 Å². The van der Waals surface area contributed by atoms with Gasteiger partial charge in [0.05, 0.1) is 75.4 Å². The molecule has 26 heteroatoms. The molecule has 20 nitrogen and oxygen atoms in total. The summed E-state index contributed by atoms with van der Waals surface area (Å²) in [5, 5.41) is 19.7. The summed E-state index contributed by atoms with van der Waals surface area (Å²) in [4.78, 5) is 13.7. The van der Waals surface area contributed by atoms with Gasteiger partial charge in [-0.25, -0.2) is 46.8 Å². The molecule has 0 saturated carbocycles. The lowest BCUT2D eigenvalue weighted by Gasteiger charge is -2.24. The molecule has 5 heterocycles. The summed E-state index contributed by atoms with van der Waals surface area (Å²) in [5.41, 5.74) is 19.9. The number of nitrogens with zero attached hydrogens (tertiary/aromatic N) is 7. The number of aromatic nitrogens is 7. The van der Waals surface area contributed by atoms with E-state index in [-0.39, 0.29) is 11.9 Å². The maximum Gasteiger partial charge on any atom is 0.240 e. The Bertz CT molecular complexity index is 5420. The van der Waals surface area contributed by atoms with Crippen molar-refractivity contribution in [2.45, 2.75) is 339 Å². The second-order valence-corrected chi connectivity index (χ2v) is 54.9. The molecular formula is C104H155N9O11S6. The number of unbranched alkanes of at least 4 members (excludes halogenated alkanes) is 20. The van der Waals surface area contributed by atoms with E-state index in [2.05, 4.69) is 186 Å². The summed E-state index contributed by atoms with van der Waals surface area (Å²) in [7, 11) is -14.8. The van der Waals surface area contributed by atoms with Crippen molar-refractivity contribution in [3.8, 4) is 22.6 Å². The molecule has 0 aliphatic carbocycles. The van der Waals surface area contributed by atoms with Crippen LogP contribution in [0.5, 0.6) is 0 Å². The van der Waals surface area contributed by atoms with E-state index in [0.29, 0.717) is 28.8 Å². The van der Waals surface area contributed by atoms with Gasteiger partial charge >= 0.3 is 0 Å². The SMILES string of the molecule is CC(C)(C)S(=O)(=O)CCCCCCCc1ccc(-c2csnn2)cc1.CC(C)(C)S(=O)(=O)CCCCCCCc1ccc(-n2ccc3ccccc32)cc1.CC(C)(C)S(=O)(=O)CCCCCCCc1ccc(-n2cccn2)cc1.CC(C)(C)S(=O)(=O)CCCCCCCc1ccc(N2CCC[C@H]2C(N)=O)cc1.CC(C)(C)S(=O)(=O)CCCCCCCc1ccc2[nH]ncc2c1. The van der Waals surface area contributed by atoms with E-state index in [1.54, 1.807) is 110 Å². The smallest absolute Gasteiger partial charge is 0.240 e. The minimum absolute atomic E-state index is 0.173. The van der Waals surface area contributed by atoms with E-state index in [1.807, 2.05) is 28.5 Å². The van der Waals surface area contributed by atoms with Gasteiger partial charge in [-0.15, -0.1) is 5.10 Å². The molecule has 3 N–H and O–H groups in total. The van der Waals surface area contributed by atoms with E-state index in [9.17, 15) is 46.9 Å². The molecule has 1 amide bonds. The number of anilines is 1. The molecule has 1 saturated heterocycles. The Morgan fingerprint density at radius 2 is 0.762 bits per heavy atom. The fourth-order valence-corrected chi connectivity index (χ4v) is 21.6. The molecular weight excluding hydrogens is 1740 g/mol. The number of fused-ring (bicyclic) bond motifs is 2. The van der Waals surface area contributed by atoms with E-state index >= 15 is 0 Å². The average molecular weight is 1900 g/mol. The van der Waals surface area contributed by atoms with Gasteiger partial charge in [0, 0.05) is 52.8 Å². The number of carbonyl (C=O) groups excluding carboxylic acids is 1. The number of hydrogen-bond donors (Lipinski definition) is 2. The number of H-pyrrole nitrogens is 1. The second kappa shape index (κ2) is 52.1. The minimum atomic E-state index is -2.99. The van der Waals surface area contributed by atoms with Crippen molar-refractivity contribution in [3.05, 3.63) is 210 Å². The zero-order chi connectivity index (χ0) is 95.3. The number of aryl methyl sites for hydroxylation is 5. The summed E-state index contributed by atoms with van der Waals surface area (Å²) in [6, 6.07) is 53.1. The summed E-state index contributed by atoms with van der Waals surface area (Å²) < 4.78 is 125. The third-order valence-corrected chi connectivity index (χ3v) is 38.5. The minimum Gasteiger partial charge on any atom is -0.368 e. The van der Waals surface area contributed by atoms with Crippen molar-refractivity contribution in [2.24, 2.45) is 5.73 Å². The fraction of sp³-hybridized carbons (Fsp3) is 0.567. The Kier molecular flexibility index (Phi) is 43.8. The number of nitrogens with two attached hydrogens (primary N) is 1. The third-order valence-electron chi connectivity index (χ3n) is 24.5. The first-order valence-corrected chi connectivity index (χ1v) is 56.7.